The number of amides is 1. The molecule has 30 heavy (non-hydrogen) atoms. The molecule has 1 heterocycles. The number of carbonyl (C=O) groups is 1. The van der Waals surface area contributed by atoms with Crippen LogP contribution >= 0.6 is 0 Å². The molecule has 6 nitrogen and oxygen atoms in total. The van der Waals surface area contributed by atoms with E-state index in [1.165, 1.54) is 0 Å². The van der Waals surface area contributed by atoms with Crippen LogP contribution in [-0.4, -0.2) is 54.9 Å². The maximum Gasteiger partial charge on any atom is 0.255 e. The number of aromatic nitrogens is 2. The first kappa shape index (κ1) is 21.6. The van der Waals surface area contributed by atoms with E-state index in [0.29, 0.717) is 17.8 Å². The van der Waals surface area contributed by atoms with Crippen molar-refractivity contribution in [1.82, 2.24) is 20.0 Å². The van der Waals surface area contributed by atoms with Gasteiger partial charge in [0.2, 0.25) is 0 Å². The summed E-state index contributed by atoms with van der Waals surface area (Å²) in [6.45, 7) is 5.74. The van der Waals surface area contributed by atoms with Crippen molar-refractivity contribution in [3.05, 3.63) is 66.4 Å². The molecule has 0 bridgehead atoms. The van der Waals surface area contributed by atoms with Crippen molar-refractivity contribution in [2.45, 2.75) is 13.8 Å². The summed E-state index contributed by atoms with van der Waals surface area (Å²) in [4.78, 5) is 15.3. The van der Waals surface area contributed by atoms with E-state index in [9.17, 15) is 4.79 Å². The normalized spacial score (nSPS) is 11.5. The van der Waals surface area contributed by atoms with Crippen LogP contribution in [0.4, 0.5) is 0 Å². The molecular formula is C24H30N4O2. The molecule has 6 heteroatoms. The maximum absolute atomic E-state index is 13.1. The van der Waals surface area contributed by atoms with Gasteiger partial charge in [-0.3, -0.25) is 4.79 Å². The molecule has 0 radical (unpaired) electrons. The maximum atomic E-state index is 13.1. The fourth-order valence-corrected chi connectivity index (χ4v) is 3.54. The molecular weight excluding hydrogens is 376 g/mol. The minimum Gasteiger partial charge on any atom is -0.497 e. The Morgan fingerprint density at radius 3 is 2.37 bits per heavy atom. The van der Waals surface area contributed by atoms with Crippen LogP contribution in [0.2, 0.25) is 0 Å². The second-order valence-electron chi connectivity index (χ2n) is 8.48. The van der Waals surface area contributed by atoms with Gasteiger partial charge in [-0.05, 0) is 55.9 Å². The van der Waals surface area contributed by atoms with Gasteiger partial charge in [0.05, 0.1) is 18.4 Å². The Bertz CT molecular complexity index is 976. The second-order valence-corrected chi connectivity index (χ2v) is 8.48. The Morgan fingerprint density at radius 2 is 1.77 bits per heavy atom. The van der Waals surface area contributed by atoms with E-state index in [-0.39, 0.29) is 11.3 Å². The molecule has 158 valence electrons. The molecule has 0 saturated carbocycles. The highest BCUT2D eigenvalue weighted by atomic mass is 16.5. The van der Waals surface area contributed by atoms with Crippen LogP contribution in [0.3, 0.4) is 0 Å². The quantitative estimate of drug-likeness (QED) is 0.617. The van der Waals surface area contributed by atoms with E-state index < -0.39 is 0 Å². The van der Waals surface area contributed by atoms with Crippen LogP contribution < -0.4 is 10.1 Å². The number of para-hydroxylation sites is 1. The van der Waals surface area contributed by atoms with Crippen molar-refractivity contribution < 1.29 is 9.53 Å². The predicted octanol–water partition coefficient (Wildman–Crippen LogP) is 3.87. The van der Waals surface area contributed by atoms with E-state index in [4.69, 9.17) is 9.84 Å². The van der Waals surface area contributed by atoms with Crippen molar-refractivity contribution in [2.75, 3.05) is 34.3 Å². The molecule has 0 atom stereocenters. The number of ether oxygens (including phenoxy) is 1. The van der Waals surface area contributed by atoms with Crippen LogP contribution in [0.25, 0.3) is 16.9 Å². The monoisotopic (exact) mass is 406 g/mol. The van der Waals surface area contributed by atoms with Gasteiger partial charge >= 0.3 is 0 Å². The third-order valence-corrected chi connectivity index (χ3v) is 4.81. The van der Waals surface area contributed by atoms with Crippen LogP contribution in [0.15, 0.2) is 60.8 Å². The summed E-state index contributed by atoms with van der Waals surface area (Å²) in [6, 6.07) is 17.4. The molecule has 3 rings (SSSR count). The van der Waals surface area contributed by atoms with E-state index in [1.54, 1.807) is 18.0 Å². The Hall–Kier alpha value is -3.12. The molecule has 1 N–H and O–H groups in total. The molecule has 1 amide bonds. The lowest BCUT2D eigenvalue weighted by Crippen LogP contribution is -2.40. The lowest BCUT2D eigenvalue weighted by atomic mass is 9.93. The lowest BCUT2D eigenvalue weighted by molar-refractivity contribution is 0.0930. The Balaban J connectivity index is 1.92. The standard InChI is InChI=1S/C24H30N4O2/c1-24(2,17-27(3)4)16-25-23(29)21-15-28(19-9-7-6-8-10-19)26-22(21)18-11-13-20(30-5)14-12-18/h6-15H,16-17H2,1-5H3,(H,25,29). The van der Waals surface area contributed by atoms with Crippen molar-refractivity contribution in [1.29, 1.82) is 0 Å². The summed E-state index contributed by atoms with van der Waals surface area (Å²) in [5.74, 6) is 0.632. The highest BCUT2D eigenvalue weighted by Crippen LogP contribution is 2.26. The van der Waals surface area contributed by atoms with Gasteiger partial charge in [0, 0.05) is 24.8 Å². The van der Waals surface area contributed by atoms with Gasteiger partial charge in [0.25, 0.3) is 5.91 Å². The van der Waals surface area contributed by atoms with Crippen molar-refractivity contribution in [3.8, 4) is 22.7 Å². The second kappa shape index (κ2) is 9.13. The average Bonchev–Trinajstić information content (AvgIpc) is 3.17. The molecule has 0 spiro atoms. The van der Waals surface area contributed by atoms with Crippen LogP contribution in [0, 0.1) is 5.41 Å². The lowest BCUT2D eigenvalue weighted by Gasteiger charge is -2.28. The Kier molecular flexibility index (Phi) is 6.57. The van der Waals surface area contributed by atoms with E-state index in [2.05, 4.69) is 24.1 Å². The number of carbonyl (C=O) groups excluding carboxylic acids is 1. The van der Waals surface area contributed by atoms with Gasteiger partial charge in [-0.1, -0.05) is 32.0 Å². The molecule has 0 fully saturated rings. The molecule has 0 saturated heterocycles. The van der Waals surface area contributed by atoms with Crippen LogP contribution in [0.1, 0.15) is 24.2 Å². The van der Waals surface area contributed by atoms with Gasteiger partial charge in [0.15, 0.2) is 0 Å². The van der Waals surface area contributed by atoms with E-state index >= 15 is 0 Å². The SMILES string of the molecule is COc1ccc(-c2nn(-c3ccccc3)cc2C(=O)NCC(C)(C)CN(C)C)cc1. The zero-order valence-corrected chi connectivity index (χ0v) is 18.3. The highest BCUT2D eigenvalue weighted by molar-refractivity contribution is 6.00. The fraction of sp³-hybridized carbons (Fsp3) is 0.333. The molecule has 3 aromatic rings. The minimum absolute atomic E-state index is 0.0468. The number of hydrogen-bond acceptors (Lipinski definition) is 4. The number of nitrogens with zero attached hydrogens (tertiary/aromatic N) is 3. The number of rotatable bonds is 8. The Morgan fingerprint density at radius 1 is 1.10 bits per heavy atom. The van der Waals surface area contributed by atoms with Gasteiger partial charge in [0.1, 0.15) is 11.4 Å². The highest BCUT2D eigenvalue weighted by Gasteiger charge is 2.23. The molecule has 0 aliphatic heterocycles. The molecule has 2 aromatic carbocycles. The van der Waals surface area contributed by atoms with Crippen molar-refractivity contribution in [2.24, 2.45) is 5.41 Å². The van der Waals surface area contributed by atoms with Gasteiger partial charge in [-0.15, -0.1) is 0 Å². The smallest absolute Gasteiger partial charge is 0.255 e. The summed E-state index contributed by atoms with van der Waals surface area (Å²) >= 11 is 0. The first-order chi connectivity index (χ1) is 14.3. The van der Waals surface area contributed by atoms with Crippen LogP contribution in [0.5, 0.6) is 5.75 Å². The fourth-order valence-electron chi connectivity index (χ4n) is 3.54. The summed E-state index contributed by atoms with van der Waals surface area (Å²) in [7, 11) is 5.71. The van der Waals surface area contributed by atoms with Gasteiger partial charge in [-0.2, -0.15) is 5.10 Å². The third-order valence-electron chi connectivity index (χ3n) is 4.81. The average molecular weight is 407 g/mol. The first-order valence-electron chi connectivity index (χ1n) is 10.0. The number of benzene rings is 2. The van der Waals surface area contributed by atoms with E-state index in [0.717, 1.165) is 23.5 Å². The van der Waals surface area contributed by atoms with Crippen molar-refractivity contribution >= 4 is 5.91 Å². The summed E-state index contributed by atoms with van der Waals surface area (Å²) in [6.07, 6.45) is 1.79. The van der Waals surface area contributed by atoms with Gasteiger partial charge < -0.3 is 15.0 Å². The largest absolute Gasteiger partial charge is 0.497 e. The molecule has 0 unspecified atom stereocenters. The minimum atomic E-state index is -0.130. The first-order valence-corrected chi connectivity index (χ1v) is 10.0. The zero-order chi connectivity index (χ0) is 21.7. The number of methoxy groups -OCH3 is 1. The number of nitrogens with one attached hydrogen (secondary N) is 1. The summed E-state index contributed by atoms with van der Waals surface area (Å²) in [5.41, 5.74) is 2.91. The molecule has 0 aliphatic carbocycles. The zero-order valence-electron chi connectivity index (χ0n) is 18.3. The number of hydrogen-bond donors (Lipinski definition) is 1. The van der Waals surface area contributed by atoms with Crippen LogP contribution in [-0.2, 0) is 0 Å². The molecule has 0 aliphatic rings. The predicted molar refractivity (Wildman–Crippen MR) is 120 cm³/mol. The summed E-state index contributed by atoms with van der Waals surface area (Å²) in [5, 5.41) is 7.83. The van der Waals surface area contributed by atoms with E-state index in [1.807, 2.05) is 68.7 Å². The summed E-state index contributed by atoms with van der Waals surface area (Å²) < 4.78 is 7.01. The third kappa shape index (κ3) is 5.27. The van der Waals surface area contributed by atoms with Gasteiger partial charge in [-0.25, -0.2) is 4.68 Å². The van der Waals surface area contributed by atoms with Crippen molar-refractivity contribution in [3.63, 3.8) is 0 Å². The topological polar surface area (TPSA) is 59.4 Å². The molecule has 1 aromatic heterocycles. The Labute approximate surface area is 178 Å².